The number of carbonyl (C=O) groups is 2. The number of rotatable bonds is 7. The molecule has 2 amide bonds. The minimum Gasteiger partial charge on any atom is -0.465 e. The molecule has 0 aromatic heterocycles. The molecule has 1 aromatic carbocycles. The van der Waals surface area contributed by atoms with Crippen LogP contribution in [0.5, 0.6) is 0 Å². The second kappa shape index (κ2) is 8.96. The summed E-state index contributed by atoms with van der Waals surface area (Å²) in [7, 11) is 1.31. The standard InChI is InChI=1S/C15H22N2O3/c1-3-4-5-8-11-16-15(19)17-13-10-7-6-9-12(13)14(18)20-2/h6-7,9-10H,3-5,8,11H2,1-2H3,(H2,16,17,19). The molecule has 1 aromatic rings. The van der Waals surface area contributed by atoms with Gasteiger partial charge < -0.3 is 15.4 Å². The zero-order valence-electron chi connectivity index (χ0n) is 12.1. The highest BCUT2D eigenvalue weighted by molar-refractivity contribution is 6.00. The Morgan fingerprint density at radius 3 is 2.60 bits per heavy atom. The highest BCUT2D eigenvalue weighted by Gasteiger charge is 2.12. The Balaban J connectivity index is 2.47. The van der Waals surface area contributed by atoms with Gasteiger partial charge in [-0.2, -0.15) is 0 Å². The predicted octanol–water partition coefficient (Wildman–Crippen LogP) is 3.18. The smallest absolute Gasteiger partial charge is 0.339 e. The molecular formula is C15H22N2O3. The molecule has 5 nitrogen and oxygen atoms in total. The van der Waals surface area contributed by atoms with Crippen molar-refractivity contribution in [3.05, 3.63) is 29.8 Å². The number of anilines is 1. The number of ether oxygens (including phenoxy) is 1. The molecule has 20 heavy (non-hydrogen) atoms. The van der Waals surface area contributed by atoms with Crippen LogP contribution in [0.4, 0.5) is 10.5 Å². The summed E-state index contributed by atoms with van der Waals surface area (Å²) < 4.78 is 4.67. The number of carbonyl (C=O) groups excluding carboxylic acids is 2. The fraction of sp³-hybridized carbons (Fsp3) is 0.467. The van der Waals surface area contributed by atoms with E-state index in [1.165, 1.54) is 20.0 Å². The van der Waals surface area contributed by atoms with Gasteiger partial charge in [0.05, 0.1) is 18.4 Å². The molecule has 0 bridgehead atoms. The van der Waals surface area contributed by atoms with E-state index in [4.69, 9.17) is 0 Å². The van der Waals surface area contributed by atoms with Crippen LogP contribution in [0.25, 0.3) is 0 Å². The summed E-state index contributed by atoms with van der Waals surface area (Å²) in [5, 5.41) is 5.44. The van der Waals surface area contributed by atoms with Crippen LogP contribution >= 0.6 is 0 Å². The van der Waals surface area contributed by atoms with E-state index in [-0.39, 0.29) is 6.03 Å². The summed E-state index contributed by atoms with van der Waals surface area (Å²) in [5.41, 5.74) is 0.793. The highest BCUT2D eigenvalue weighted by Crippen LogP contribution is 2.15. The molecule has 0 aliphatic carbocycles. The maximum Gasteiger partial charge on any atom is 0.339 e. The second-order valence-corrected chi connectivity index (χ2v) is 4.48. The van der Waals surface area contributed by atoms with Crippen molar-refractivity contribution in [2.24, 2.45) is 0 Å². The van der Waals surface area contributed by atoms with Gasteiger partial charge in [0.2, 0.25) is 0 Å². The lowest BCUT2D eigenvalue weighted by Crippen LogP contribution is -2.30. The molecule has 0 heterocycles. The van der Waals surface area contributed by atoms with Gasteiger partial charge >= 0.3 is 12.0 Å². The molecule has 0 spiro atoms. The first-order chi connectivity index (χ1) is 9.69. The lowest BCUT2D eigenvalue weighted by atomic mass is 10.2. The van der Waals surface area contributed by atoms with E-state index in [0.717, 1.165) is 12.8 Å². The van der Waals surface area contributed by atoms with Crippen molar-refractivity contribution in [2.75, 3.05) is 19.0 Å². The summed E-state index contributed by atoms with van der Waals surface area (Å²) in [6.45, 7) is 2.77. The fourth-order valence-corrected chi connectivity index (χ4v) is 1.80. The van der Waals surface area contributed by atoms with E-state index in [9.17, 15) is 9.59 Å². The zero-order valence-corrected chi connectivity index (χ0v) is 12.1. The molecule has 0 atom stereocenters. The summed E-state index contributed by atoms with van der Waals surface area (Å²) >= 11 is 0. The molecule has 0 aliphatic heterocycles. The Hall–Kier alpha value is -2.04. The Morgan fingerprint density at radius 1 is 1.15 bits per heavy atom. The Bertz CT molecular complexity index is 446. The van der Waals surface area contributed by atoms with Gasteiger partial charge in [-0.3, -0.25) is 0 Å². The average Bonchev–Trinajstić information content (AvgIpc) is 2.47. The molecule has 5 heteroatoms. The second-order valence-electron chi connectivity index (χ2n) is 4.48. The molecule has 0 radical (unpaired) electrons. The van der Waals surface area contributed by atoms with Gasteiger partial charge in [-0.05, 0) is 18.6 Å². The van der Waals surface area contributed by atoms with Crippen molar-refractivity contribution in [1.82, 2.24) is 5.32 Å². The average molecular weight is 278 g/mol. The van der Waals surface area contributed by atoms with Crippen LogP contribution in [0.15, 0.2) is 24.3 Å². The van der Waals surface area contributed by atoms with Gasteiger partial charge in [0.1, 0.15) is 0 Å². The first-order valence-electron chi connectivity index (χ1n) is 6.91. The number of benzene rings is 1. The number of hydrogen-bond donors (Lipinski definition) is 2. The third-order valence-electron chi connectivity index (χ3n) is 2.90. The van der Waals surface area contributed by atoms with Crippen LogP contribution in [0.2, 0.25) is 0 Å². The summed E-state index contributed by atoms with van der Waals surface area (Å²) in [6.07, 6.45) is 4.41. The maximum absolute atomic E-state index is 11.7. The van der Waals surface area contributed by atoms with Gasteiger partial charge in [0.25, 0.3) is 0 Å². The number of amides is 2. The molecule has 0 unspecified atom stereocenters. The molecule has 0 fully saturated rings. The summed E-state index contributed by atoms with van der Waals surface area (Å²) in [4.78, 5) is 23.3. The molecule has 2 N–H and O–H groups in total. The van der Waals surface area contributed by atoms with Crippen molar-refractivity contribution in [3.8, 4) is 0 Å². The Morgan fingerprint density at radius 2 is 1.90 bits per heavy atom. The highest BCUT2D eigenvalue weighted by atomic mass is 16.5. The maximum atomic E-state index is 11.7. The molecule has 0 saturated carbocycles. The fourth-order valence-electron chi connectivity index (χ4n) is 1.80. The lowest BCUT2D eigenvalue weighted by molar-refractivity contribution is 0.0602. The molecule has 1 rings (SSSR count). The number of esters is 1. The number of methoxy groups -OCH3 is 1. The predicted molar refractivity (Wildman–Crippen MR) is 78.9 cm³/mol. The van der Waals surface area contributed by atoms with E-state index in [0.29, 0.717) is 17.8 Å². The quantitative estimate of drug-likeness (QED) is 0.594. The summed E-state index contributed by atoms with van der Waals surface area (Å²) in [6, 6.07) is 6.45. The van der Waals surface area contributed by atoms with Crippen LogP contribution in [-0.4, -0.2) is 25.7 Å². The number of nitrogens with one attached hydrogen (secondary N) is 2. The van der Waals surface area contributed by atoms with Crippen molar-refractivity contribution < 1.29 is 14.3 Å². The summed E-state index contributed by atoms with van der Waals surface area (Å²) in [5.74, 6) is -0.469. The van der Waals surface area contributed by atoms with Crippen molar-refractivity contribution in [1.29, 1.82) is 0 Å². The normalized spacial score (nSPS) is 9.90. The third kappa shape index (κ3) is 5.30. The minimum absolute atomic E-state index is 0.308. The SMILES string of the molecule is CCCCCCNC(=O)Nc1ccccc1C(=O)OC. The molecular weight excluding hydrogens is 256 g/mol. The van der Waals surface area contributed by atoms with E-state index < -0.39 is 5.97 Å². The number of urea groups is 1. The van der Waals surface area contributed by atoms with Crippen molar-refractivity contribution in [3.63, 3.8) is 0 Å². The van der Waals surface area contributed by atoms with E-state index in [1.807, 2.05) is 0 Å². The minimum atomic E-state index is -0.469. The van der Waals surface area contributed by atoms with Gasteiger partial charge in [-0.25, -0.2) is 9.59 Å². The van der Waals surface area contributed by atoms with Gasteiger partial charge in [-0.1, -0.05) is 38.3 Å². The van der Waals surface area contributed by atoms with Crippen molar-refractivity contribution >= 4 is 17.7 Å². The van der Waals surface area contributed by atoms with E-state index in [2.05, 4.69) is 22.3 Å². The van der Waals surface area contributed by atoms with Crippen LogP contribution in [-0.2, 0) is 4.74 Å². The van der Waals surface area contributed by atoms with Crippen LogP contribution in [0.3, 0.4) is 0 Å². The first kappa shape index (κ1) is 16.0. The van der Waals surface area contributed by atoms with E-state index in [1.54, 1.807) is 24.3 Å². The van der Waals surface area contributed by atoms with Crippen LogP contribution in [0.1, 0.15) is 43.0 Å². The monoisotopic (exact) mass is 278 g/mol. The lowest BCUT2D eigenvalue weighted by Gasteiger charge is -2.10. The van der Waals surface area contributed by atoms with Gasteiger partial charge in [0.15, 0.2) is 0 Å². The largest absolute Gasteiger partial charge is 0.465 e. The number of unbranched alkanes of at least 4 members (excludes halogenated alkanes) is 3. The van der Waals surface area contributed by atoms with Crippen LogP contribution in [0, 0.1) is 0 Å². The van der Waals surface area contributed by atoms with Crippen LogP contribution < -0.4 is 10.6 Å². The number of hydrogen-bond acceptors (Lipinski definition) is 3. The third-order valence-corrected chi connectivity index (χ3v) is 2.90. The molecule has 110 valence electrons. The molecule has 0 saturated heterocycles. The Kier molecular flexibility index (Phi) is 7.17. The van der Waals surface area contributed by atoms with Gasteiger partial charge in [-0.15, -0.1) is 0 Å². The van der Waals surface area contributed by atoms with Crippen molar-refractivity contribution in [2.45, 2.75) is 32.6 Å². The van der Waals surface area contributed by atoms with E-state index >= 15 is 0 Å². The number of para-hydroxylation sites is 1. The zero-order chi connectivity index (χ0) is 14.8. The van der Waals surface area contributed by atoms with Gasteiger partial charge in [0, 0.05) is 6.54 Å². The Labute approximate surface area is 119 Å². The topological polar surface area (TPSA) is 67.4 Å². The first-order valence-corrected chi connectivity index (χ1v) is 6.91. The molecule has 0 aliphatic rings.